The Hall–Kier alpha value is -2.26. The maximum Gasteiger partial charge on any atom is 0.316 e. The molecule has 0 aliphatic heterocycles. The lowest BCUT2D eigenvalue weighted by atomic mass is 9.93. The molecular formula is C21H27F4N3O2. The van der Waals surface area contributed by atoms with Gasteiger partial charge in [-0.1, -0.05) is 19.9 Å². The van der Waals surface area contributed by atoms with Crippen LogP contribution in [0.2, 0.25) is 0 Å². The standard InChI is InChI=1S/C15H16F2N2O2.C6H11F2N/c1-8(2)10(4-5-20)12-11(16)6-9-7-18-15(21-3)19-14(9)13(12)17;1-9(2)4-5-3-6(5,7)8/h4,6-8,20H,5H2,1-3H3;5H,3-4H2,1-2H3/b10-4+;. The van der Waals surface area contributed by atoms with Gasteiger partial charge < -0.3 is 14.7 Å². The van der Waals surface area contributed by atoms with Gasteiger partial charge in [0.05, 0.1) is 19.3 Å². The van der Waals surface area contributed by atoms with E-state index in [9.17, 15) is 17.6 Å². The fraction of sp³-hybridized carbons (Fsp3) is 0.524. The molecular weight excluding hydrogens is 402 g/mol. The highest BCUT2D eigenvalue weighted by molar-refractivity contribution is 5.84. The van der Waals surface area contributed by atoms with Crippen molar-refractivity contribution in [3.8, 4) is 6.01 Å². The van der Waals surface area contributed by atoms with Gasteiger partial charge in [0.1, 0.15) is 11.3 Å². The van der Waals surface area contributed by atoms with Gasteiger partial charge in [-0.3, -0.25) is 0 Å². The number of ether oxygens (including phenoxy) is 1. The van der Waals surface area contributed by atoms with Gasteiger partial charge >= 0.3 is 6.01 Å². The topological polar surface area (TPSA) is 58.5 Å². The Balaban J connectivity index is 0.000000297. The lowest BCUT2D eigenvalue weighted by Gasteiger charge is -2.15. The van der Waals surface area contributed by atoms with Gasteiger partial charge in [0, 0.05) is 30.5 Å². The van der Waals surface area contributed by atoms with E-state index in [1.165, 1.54) is 25.4 Å². The molecule has 0 saturated heterocycles. The minimum atomic E-state index is -2.34. The fourth-order valence-electron chi connectivity index (χ4n) is 3.08. The van der Waals surface area contributed by atoms with Crippen LogP contribution in [-0.4, -0.2) is 60.3 Å². The first-order valence-electron chi connectivity index (χ1n) is 9.54. The first kappa shape index (κ1) is 24.0. The number of aliphatic hydroxyl groups excluding tert-OH is 1. The number of aliphatic hydroxyl groups is 1. The molecule has 1 saturated carbocycles. The molecule has 1 heterocycles. The maximum absolute atomic E-state index is 14.7. The van der Waals surface area contributed by atoms with E-state index in [-0.39, 0.29) is 47.3 Å². The first-order valence-corrected chi connectivity index (χ1v) is 9.54. The molecule has 1 aromatic heterocycles. The van der Waals surface area contributed by atoms with Crippen molar-refractivity contribution in [3.05, 3.63) is 35.5 Å². The average Bonchev–Trinajstić information content (AvgIpc) is 3.26. The smallest absolute Gasteiger partial charge is 0.316 e. The Morgan fingerprint density at radius 2 is 2.00 bits per heavy atom. The predicted octanol–water partition coefficient (Wildman–Crippen LogP) is 4.15. The van der Waals surface area contributed by atoms with E-state index in [1.807, 2.05) is 14.1 Å². The van der Waals surface area contributed by atoms with Crippen LogP contribution in [0, 0.1) is 23.5 Å². The summed E-state index contributed by atoms with van der Waals surface area (Å²) in [7, 11) is 5.00. The van der Waals surface area contributed by atoms with Gasteiger partial charge in [-0.25, -0.2) is 22.5 Å². The number of hydrogen-bond donors (Lipinski definition) is 1. The van der Waals surface area contributed by atoms with Crippen LogP contribution in [0.5, 0.6) is 6.01 Å². The molecule has 3 rings (SSSR count). The first-order chi connectivity index (χ1) is 14.0. The van der Waals surface area contributed by atoms with E-state index in [1.54, 1.807) is 18.7 Å². The number of nitrogens with zero attached hydrogens (tertiary/aromatic N) is 3. The van der Waals surface area contributed by atoms with E-state index in [4.69, 9.17) is 9.84 Å². The highest BCUT2D eigenvalue weighted by atomic mass is 19.3. The third-order valence-corrected chi connectivity index (χ3v) is 4.69. The molecule has 1 aliphatic carbocycles. The summed E-state index contributed by atoms with van der Waals surface area (Å²) in [4.78, 5) is 9.56. The number of fused-ring (bicyclic) bond motifs is 1. The SMILES string of the molecule is CN(C)CC1CC1(F)F.COc1ncc2cc(F)c(/C(=C/CO)C(C)C)c(F)c2n1. The second-order valence-electron chi connectivity index (χ2n) is 7.76. The number of halogens is 4. The summed E-state index contributed by atoms with van der Waals surface area (Å²) >= 11 is 0. The van der Waals surface area contributed by atoms with Crippen LogP contribution < -0.4 is 4.74 Å². The second-order valence-corrected chi connectivity index (χ2v) is 7.76. The van der Waals surface area contributed by atoms with E-state index < -0.39 is 17.6 Å². The van der Waals surface area contributed by atoms with Gasteiger partial charge in [0.25, 0.3) is 5.92 Å². The maximum atomic E-state index is 14.7. The molecule has 1 unspecified atom stereocenters. The number of allylic oxidation sites excluding steroid dienone is 1. The molecule has 1 N–H and O–H groups in total. The summed E-state index contributed by atoms with van der Waals surface area (Å²) in [6, 6.07) is 1.19. The molecule has 2 aromatic rings. The highest BCUT2D eigenvalue weighted by Gasteiger charge is 2.56. The van der Waals surface area contributed by atoms with Crippen molar-refractivity contribution in [2.45, 2.75) is 26.2 Å². The summed E-state index contributed by atoms with van der Waals surface area (Å²) < 4.78 is 58.0. The summed E-state index contributed by atoms with van der Waals surface area (Å²) in [5.41, 5.74) is 0.210. The van der Waals surface area contributed by atoms with E-state index in [0.29, 0.717) is 12.1 Å². The van der Waals surface area contributed by atoms with Crippen LogP contribution in [0.1, 0.15) is 25.8 Å². The van der Waals surface area contributed by atoms with E-state index >= 15 is 0 Å². The molecule has 0 radical (unpaired) electrons. The highest BCUT2D eigenvalue weighted by Crippen LogP contribution is 2.48. The lowest BCUT2D eigenvalue weighted by molar-refractivity contribution is 0.0923. The van der Waals surface area contributed by atoms with Crippen LogP contribution in [0.25, 0.3) is 16.5 Å². The summed E-state index contributed by atoms with van der Waals surface area (Å²) in [5, 5.41) is 9.31. The van der Waals surface area contributed by atoms with Gasteiger partial charge in [-0.05, 0) is 31.7 Å². The fourth-order valence-corrected chi connectivity index (χ4v) is 3.08. The lowest BCUT2D eigenvalue weighted by Crippen LogP contribution is -2.17. The van der Waals surface area contributed by atoms with E-state index in [0.717, 1.165) is 0 Å². The summed E-state index contributed by atoms with van der Waals surface area (Å²) in [5.74, 6) is -4.35. The van der Waals surface area contributed by atoms with Crippen LogP contribution in [0.3, 0.4) is 0 Å². The third kappa shape index (κ3) is 5.66. The Morgan fingerprint density at radius 3 is 2.43 bits per heavy atom. The molecule has 30 heavy (non-hydrogen) atoms. The van der Waals surface area contributed by atoms with Gasteiger partial charge in [0.2, 0.25) is 0 Å². The molecule has 1 fully saturated rings. The van der Waals surface area contributed by atoms with Gasteiger partial charge in [-0.15, -0.1) is 0 Å². The van der Waals surface area contributed by atoms with Crippen LogP contribution in [0.4, 0.5) is 17.6 Å². The number of methoxy groups -OCH3 is 1. The number of benzene rings is 1. The predicted molar refractivity (Wildman–Crippen MR) is 108 cm³/mol. The van der Waals surface area contributed by atoms with Gasteiger partial charge in [0.15, 0.2) is 5.82 Å². The zero-order valence-corrected chi connectivity index (χ0v) is 17.7. The Morgan fingerprint density at radius 1 is 1.37 bits per heavy atom. The quantitative estimate of drug-likeness (QED) is 0.699. The van der Waals surface area contributed by atoms with Gasteiger partial charge in [-0.2, -0.15) is 4.98 Å². The third-order valence-electron chi connectivity index (χ3n) is 4.69. The number of alkyl halides is 2. The summed E-state index contributed by atoms with van der Waals surface area (Å²) in [6.45, 7) is 3.82. The number of aromatic nitrogens is 2. The van der Waals surface area contributed by atoms with Crippen molar-refractivity contribution in [3.63, 3.8) is 0 Å². The normalized spacial score (nSPS) is 17.9. The van der Waals surface area contributed by atoms with Crippen LogP contribution in [0.15, 0.2) is 18.3 Å². The zero-order chi connectivity index (χ0) is 22.6. The molecule has 1 aromatic carbocycles. The molecule has 0 bridgehead atoms. The Bertz CT molecular complexity index is 917. The van der Waals surface area contributed by atoms with Crippen molar-refractivity contribution in [2.75, 3.05) is 34.4 Å². The summed E-state index contributed by atoms with van der Waals surface area (Å²) in [6.07, 6.45) is 2.80. The van der Waals surface area contributed by atoms with Crippen molar-refractivity contribution >= 4 is 16.5 Å². The van der Waals surface area contributed by atoms with Crippen molar-refractivity contribution in [2.24, 2.45) is 11.8 Å². The number of rotatable bonds is 6. The van der Waals surface area contributed by atoms with Crippen molar-refractivity contribution in [1.82, 2.24) is 14.9 Å². The van der Waals surface area contributed by atoms with Crippen LogP contribution in [-0.2, 0) is 0 Å². The van der Waals surface area contributed by atoms with Crippen molar-refractivity contribution in [1.29, 1.82) is 0 Å². The molecule has 0 amide bonds. The minimum absolute atomic E-state index is 0.0104. The molecule has 0 spiro atoms. The number of hydrogen-bond acceptors (Lipinski definition) is 5. The Kier molecular flexibility index (Phi) is 7.76. The second kappa shape index (κ2) is 9.70. The monoisotopic (exact) mass is 429 g/mol. The molecule has 5 nitrogen and oxygen atoms in total. The average molecular weight is 429 g/mol. The molecule has 166 valence electrons. The molecule has 9 heteroatoms. The van der Waals surface area contributed by atoms with Crippen LogP contribution >= 0.6 is 0 Å². The minimum Gasteiger partial charge on any atom is -0.467 e. The molecule has 1 aliphatic rings. The van der Waals surface area contributed by atoms with E-state index in [2.05, 4.69) is 9.97 Å². The Labute approximate surface area is 173 Å². The largest absolute Gasteiger partial charge is 0.467 e. The molecule has 1 atom stereocenters. The van der Waals surface area contributed by atoms with Crippen molar-refractivity contribution < 1.29 is 27.4 Å². The zero-order valence-electron chi connectivity index (χ0n) is 17.7.